The Morgan fingerprint density at radius 3 is 3.04 bits per heavy atom. The maximum absolute atomic E-state index is 11.9. The summed E-state index contributed by atoms with van der Waals surface area (Å²) < 4.78 is 1.87. The van der Waals surface area contributed by atoms with Crippen molar-refractivity contribution in [2.45, 2.75) is 11.3 Å². The monoisotopic (exact) mass is 377 g/mol. The van der Waals surface area contributed by atoms with Crippen LogP contribution in [0.5, 0.6) is 0 Å². The number of hydrogen-bond acceptors (Lipinski definition) is 4. The van der Waals surface area contributed by atoms with Gasteiger partial charge in [0.2, 0.25) is 5.91 Å². The maximum Gasteiger partial charge on any atom is 0.244 e. The first-order valence-electron chi connectivity index (χ1n) is 7.49. The average Bonchev–Trinajstić information content (AvgIpc) is 3.14. The van der Waals surface area contributed by atoms with Crippen LogP contribution in [0.1, 0.15) is 12.1 Å². The van der Waals surface area contributed by atoms with Gasteiger partial charge in [0, 0.05) is 29.1 Å². The van der Waals surface area contributed by atoms with Gasteiger partial charge in [0.25, 0.3) is 0 Å². The molecule has 0 aliphatic rings. The molecule has 0 unspecified atom stereocenters. The molecule has 3 rings (SSSR count). The number of carbonyl (C=O) groups is 1. The Morgan fingerprint density at radius 2 is 2.21 bits per heavy atom. The number of nitrogens with one attached hydrogen (secondary N) is 1. The Morgan fingerprint density at radius 1 is 1.38 bits per heavy atom. The number of carbonyl (C=O) groups excluding carboxylic acids is 1. The van der Waals surface area contributed by atoms with E-state index in [-0.39, 0.29) is 5.91 Å². The Labute approximate surface area is 153 Å². The molecule has 2 heterocycles. The van der Waals surface area contributed by atoms with E-state index in [1.54, 1.807) is 17.8 Å². The lowest BCUT2D eigenvalue weighted by molar-refractivity contribution is -0.116. The van der Waals surface area contributed by atoms with Gasteiger partial charge in [-0.05, 0) is 30.4 Å². The number of imidazole rings is 1. The molecule has 124 valence electrons. The van der Waals surface area contributed by atoms with E-state index in [1.807, 2.05) is 34.2 Å². The van der Waals surface area contributed by atoms with E-state index in [0.29, 0.717) is 11.7 Å². The number of rotatable bonds is 7. The third-order valence-corrected chi connectivity index (χ3v) is 5.41. The zero-order valence-corrected chi connectivity index (χ0v) is 15.2. The average molecular weight is 378 g/mol. The van der Waals surface area contributed by atoms with Crippen LogP contribution in [-0.4, -0.2) is 27.6 Å². The summed E-state index contributed by atoms with van der Waals surface area (Å²) in [6, 6.07) is 10.2. The summed E-state index contributed by atoms with van der Waals surface area (Å²) >= 11 is 9.38. The molecule has 0 aliphatic heterocycles. The van der Waals surface area contributed by atoms with E-state index in [2.05, 4.69) is 22.4 Å². The Bertz CT molecular complexity index is 842. The van der Waals surface area contributed by atoms with Crippen molar-refractivity contribution in [3.05, 3.63) is 58.8 Å². The number of thioether (sulfide) groups is 1. The first-order chi connectivity index (χ1) is 11.7. The van der Waals surface area contributed by atoms with Crippen LogP contribution in [0, 0.1) is 0 Å². The van der Waals surface area contributed by atoms with E-state index in [0.717, 1.165) is 22.8 Å². The molecular formula is C17H16ClN3OS2. The van der Waals surface area contributed by atoms with Gasteiger partial charge in [0.1, 0.15) is 0 Å². The molecule has 2 aromatic heterocycles. The zero-order chi connectivity index (χ0) is 16.8. The highest BCUT2D eigenvalue weighted by atomic mass is 35.5. The zero-order valence-electron chi connectivity index (χ0n) is 12.8. The number of fused-ring (bicyclic) bond motifs is 1. The topological polar surface area (TPSA) is 46.4 Å². The molecule has 0 aliphatic carbocycles. The molecule has 0 saturated carbocycles. The van der Waals surface area contributed by atoms with Crippen molar-refractivity contribution >= 4 is 51.6 Å². The van der Waals surface area contributed by atoms with Crippen molar-refractivity contribution in [3.63, 3.8) is 0 Å². The standard InChI is InChI=1S/C17H16ClN3OS2/c18-16-14(21-10-12-24-17(21)20-16)7-8-15(22)19-9-4-11-23-13-5-2-1-3-6-13/h1-3,5-8,10,12H,4,9,11H2,(H,19,22)/b8-7+. The second-order valence-electron chi connectivity index (χ2n) is 4.98. The highest BCUT2D eigenvalue weighted by molar-refractivity contribution is 7.99. The largest absolute Gasteiger partial charge is 0.353 e. The molecule has 4 nitrogen and oxygen atoms in total. The minimum Gasteiger partial charge on any atom is -0.353 e. The van der Waals surface area contributed by atoms with Crippen LogP contribution < -0.4 is 5.32 Å². The van der Waals surface area contributed by atoms with E-state index >= 15 is 0 Å². The first-order valence-corrected chi connectivity index (χ1v) is 9.73. The predicted octanol–water partition coefficient (Wildman–Crippen LogP) is 4.36. The van der Waals surface area contributed by atoms with Gasteiger partial charge >= 0.3 is 0 Å². The summed E-state index contributed by atoms with van der Waals surface area (Å²) in [5.74, 6) is 0.846. The molecule has 0 bridgehead atoms. The summed E-state index contributed by atoms with van der Waals surface area (Å²) in [5, 5.41) is 5.22. The van der Waals surface area contributed by atoms with Crippen molar-refractivity contribution in [1.29, 1.82) is 0 Å². The first kappa shape index (κ1) is 17.1. The van der Waals surface area contributed by atoms with Crippen LogP contribution in [0.4, 0.5) is 0 Å². The summed E-state index contributed by atoms with van der Waals surface area (Å²) in [7, 11) is 0. The lowest BCUT2D eigenvalue weighted by Gasteiger charge is -2.03. The van der Waals surface area contributed by atoms with Crippen LogP contribution in [-0.2, 0) is 4.79 Å². The van der Waals surface area contributed by atoms with Crippen LogP contribution in [0.2, 0.25) is 5.15 Å². The minimum atomic E-state index is -0.124. The van der Waals surface area contributed by atoms with Crippen LogP contribution in [0.15, 0.2) is 52.9 Å². The van der Waals surface area contributed by atoms with Crippen molar-refractivity contribution in [2.24, 2.45) is 0 Å². The number of hydrogen-bond donors (Lipinski definition) is 1. The third kappa shape index (κ3) is 4.41. The van der Waals surface area contributed by atoms with Crippen molar-refractivity contribution in [2.75, 3.05) is 12.3 Å². The molecular weight excluding hydrogens is 362 g/mol. The normalized spacial score (nSPS) is 11.4. The van der Waals surface area contributed by atoms with E-state index in [1.165, 1.54) is 22.3 Å². The molecule has 24 heavy (non-hydrogen) atoms. The van der Waals surface area contributed by atoms with Crippen LogP contribution >= 0.6 is 34.7 Å². The SMILES string of the molecule is O=C(/C=C/c1c(Cl)nc2sccn12)NCCCSc1ccccc1. The highest BCUT2D eigenvalue weighted by Crippen LogP contribution is 2.22. The third-order valence-electron chi connectivity index (χ3n) is 3.28. The fourth-order valence-electron chi connectivity index (χ4n) is 2.13. The van der Waals surface area contributed by atoms with Crippen LogP contribution in [0.25, 0.3) is 11.0 Å². The van der Waals surface area contributed by atoms with E-state index in [9.17, 15) is 4.79 Å². The van der Waals surface area contributed by atoms with Gasteiger partial charge in [-0.3, -0.25) is 9.20 Å². The predicted molar refractivity (Wildman–Crippen MR) is 102 cm³/mol. The van der Waals surface area contributed by atoms with Crippen molar-refractivity contribution in [3.8, 4) is 0 Å². The second kappa shape index (κ2) is 8.37. The quantitative estimate of drug-likeness (QED) is 0.378. The van der Waals surface area contributed by atoms with Crippen LogP contribution in [0.3, 0.4) is 0 Å². The number of thiazole rings is 1. The summed E-state index contributed by atoms with van der Waals surface area (Å²) in [6.07, 6.45) is 6.00. The Hall–Kier alpha value is -1.76. The maximum atomic E-state index is 11.9. The van der Waals surface area contributed by atoms with Gasteiger partial charge < -0.3 is 5.32 Å². The molecule has 3 aromatic rings. The van der Waals surface area contributed by atoms with Gasteiger partial charge in [-0.15, -0.1) is 23.1 Å². The summed E-state index contributed by atoms with van der Waals surface area (Å²) in [5.41, 5.74) is 0.725. The number of halogens is 1. The molecule has 1 aromatic carbocycles. The van der Waals surface area contributed by atoms with Crippen molar-refractivity contribution < 1.29 is 4.79 Å². The van der Waals surface area contributed by atoms with Gasteiger partial charge in [-0.2, -0.15) is 0 Å². The smallest absolute Gasteiger partial charge is 0.244 e. The van der Waals surface area contributed by atoms with E-state index < -0.39 is 0 Å². The molecule has 0 fully saturated rings. The molecule has 0 saturated heterocycles. The Balaban J connectivity index is 1.42. The van der Waals surface area contributed by atoms with Gasteiger partial charge in [0.15, 0.2) is 10.1 Å². The molecule has 0 atom stereocenters. The highest BCUT2D eigenvalue weighted by Gasteiger charge is 2.08. The summed E-state index contributed by atoms with van der Waals surface area (Å²) in [6.45, 7) is 0.650. The molecule has 7 heteroatoms. The second-order valence-corrected chi connectivity index (χ2v) is 7.38. The number of amides is 1. The number of nitrogens with zero attached hydrogens (tertiary/aromatic N) is 2. The lowest BCUT2D eigenvalue weighted by atomic mass is 10.3. The Kier molecular flexibility index (Phi) is 5.96. The molecule has 0 spiro atoms. The lowest BCUT2D eigenvalue weighted by Crippen LogP contribution is -2.22. The summed E-state index contributed by atoms with van der Waals surface area (Å²) in [4.78, 5) is 18.2. The fourth-order valence-corrected chi connectivity index (χ4v) is 4.01. The van der Waals surface area contributed by atoms with E-state index in [4.69, 9.17) is 11.6 Å². The number of aromatic nitrogens is 2. The van der Waals surface area contributed by atoms with Gasteiger partial charge in [0.05, 0.1) is 5.69 Å². The van der Waals surface area contributed by atoms with Gasteiger partial charge in [-0.1, -0.05) is 29.8 Å². The fraction of sp³-hybridized carbons (Fsp3) is 0.176. The van der Waals surface area contributed by atoms with Crippen molar-refractivity contribution in [1.82, 2.24) is 14.7 Å². The number of benzene rings is 1. The molecule has 1 amide bonds. The molecule has 0 radical (unpaired) electrons. The minimum absolute atomic E-state index is 0.124. The molecule has 1 N–H and O–H groups in total. The van der Waals surface area contributed by atoms with Gasteiger partial charge in [-0.25, -0.2) is 4.98 Å².